The molecule has 0 aromatic carbocycles. The second-order valence-corrected chi connectivity index (χ2v) is 8.00. The maximum Gasteiger partial charge on any atom is 0.250 e. The smallest absolute Gasteiger partial charge is 0.250 e. The summed E-state index contributed by atoms with van der Waals surface area (Å²) in [5, 5.41) is 7.10. The van der Waals surface area contributed by atoms with E-state index in [0.29, 0.717) is 23.7 Å². The highest BCUT2D eigenvalue weighted by molar-refractivity contribution is 7.91. The number of hydrogen-bond donors (Lipinski definition) is 2. The molecule has 2 aromatic rings. The van der Waals surface area contributed by atoms with Crippen LogP contribution in [0.2, 0.25) is 0 Å². The first-order valence-electron chi connectivity index (χ1n) is 6.63. The second kappa shape index (κ2) is 6.69. The van der Waals surface area contributed by atoms with E-state index < -0.39 is 10.0 Å². The normalized spacial score (nSPS) is 12.0. The van der Waals surface area contributed by atoms with Crippen molar-refractivity contribution >= 4 is 21.4 Å². The van der Waals surface area contributed by atoms with Crippen LogP contribution < -0.4 is 10.0 Å². The van der Waals surface area contributed by atoms with E-state index in [-0.39, 0.29) is 0 Å². The molecule has 2 heterocycles. The van der Waals surface area contributed by atoms with Gasteiger partial charge in [-0.15, -0.1) is 11.3 Å². The van der Waals surface area contributed by atoms with Gasteiger partial charge in [-0.1, -0.05) is 0 Å². The summed E-state index contributed by atoms with van der Waals surface area (Å²) in [4.78, 5) is 1.05. The van der Waals surface area contributed by atoms with Crippen LogP contribution in [0.15, 0.2) is 22.7 Å². The first-order valence-corrected chi connectivity index (χ1v) is 8.93. The highest BCUT2D eigenvalue weighted by Gasteiger charge is 2.18. The first kappa shape index (κ1) is 16.2. The molecule has 0 aliphatic rings. The van der Waals surface area contributed by atoms with Crippen LogP contribution in [0.4, 0.5) is 0 Å². The summed E-state index contributed by atoms with van der Waals surface area (Å²) >= 11 is 1.31. The number of thiophene rings is 1. The fourth-order valence-electron chi connectivity index (χ4n) is 1.96. The number of rotatable bonds is 7. The molecule has 2 aromatic heterocycles. The number of nitrogens with one attached hydrogen (secondary N) is 2. The van der Waals surface area contributed by atoms with Gasteiger partial charge in [0, 0.05) is 31.2 Å². The van der Waals surface area contributed by atoms with Crippen LogP contribution in [-0.2, 0) is 30.0 Å². The van der Waals surface area contributed by atoms with Gasteiger partial charge >= 0.3 is 0 Å². The second-order valence-electron chi connectivity index (χ2n) is 4.87. The lowest BCUT2D eigenvalue weighted by Gasteiger charge is -2.03. The number of aryl methyl sites for hydroxylation is 2. The third-order valence-corrected chi connectivity index (χ3v) is 6.24. The lowest BCUT2D eigenvalue weighted by atomic mass is 10.3. The molecule has 0 radical (unpaired) electrons. The van der Waals surface area contributed by atoms with E-state index in [4.69, 9.17) is 0 Å². The van der Waals surface area contributed by atoms with Crippen molar-refractivity contribution < 1.29 is 8.42 Å². The van der Waals surface area contributed by atoms with Gasteiger partial charge in [-0.25, -0.2) is 13.1 Å². The van der Waals surface area contributed by atoms with Gasteiger partial charge in [0.2, 0.25) is 10.0 Å². The number of aromatic nitrogens is 2. The van der Waals surface area contributed by atoms with Crippen molar-refractivity contribution in [1.82, 2.24) is 19.8 Å². The number of nitrogens with zero attached hydrogens (tertiary/aromatic N) is 2. The highest BCUT2D eigenvalue weighted by atomic mass is 32.2. The molecule has 0 atom stereocenters. The molecule has 0 saturated heterocycles. The molecule has 8 heteroatoms. The van der Waals surface area contributed by atoms with Gasteiger partial charge in [-0.3, -0.25) is 4.68 Å². The summed E-state index contributed by atoms with van der Waals surface area (Å²) in [5.74, 6) is 0. The Bertz CT molecular complexity index is 704. The Kier molecular flexibility index (Phi) is 5.15. The molecule has 116 valence electrons. The van der Waals surface area contributed by atoms with E-state index in [1.807, 2.05) is 27.2 Å². The fraction of sp³-hybridized carbons (Fsp3) is 0.462. The van der Waals surface area contributed by atoms with Crippen LogP contribution in [0.3, 0.4) is 0 Å². The molecular weight excluding hydrogens is 308 g/mol. The molecule has 0 spiro atoms. The zero-order valence-corrected chi connectivity index (χ0v) is 14.0. The summed E-state index contributed by atoms with van der Waals surface area (Å²) < 4.78 is 29.2. The molecule has 2 rings (SSSR count). The molecule has 0 fully saturated rings. The van der Waals surface area contributed by atoms with E-state index in [1.165, 1.54) is 11.3 Å². The Labute approximate surface area is 129 Å². The van der Waals surface area contributed by atoms with E-state index in [2.05, 4.69) is 15.1 Å². The largest absolute Gasteiger partial charge is 0.315 e. The minimum absolute atomic E-state index is 0.367. The van der Waals surface area contributed by atoms with Gasteiger partial charge in [-0.2, -0.15) is 5.10 Å². The molecular formula is C13H20N4O2S2. The molecule has 0 aliphatic carbocycles. The van der Waals surface area contributed by atoms with Crippen molar-refractivity contribution in [2.24, 2.45) is 7.05 Å². The van der Waals surface area contributed by atoms with Crippen molar-refractivity contribution in [1.29, 1.82) is 0 Å². The van der Waals surface area contributed by atoms with E-state index in [9.17, 15) is 8.42 Å². The lowest BCUT2D eigenvalue weighted by Crippen LogP contribution is -2.25. The molecule has 2 N–H and O–H groups in total. The van der Waals surface area contributed by atoms with E-state index in [1.54, 1.807) is 16.9 Å². The van der Waals surface area contributed by atoms with Gasteiger partial charge in [0.25, 0.3) is 0 Å². The lowest BCUT2D eigenvalue weighted by molar-refractivity contribution is 0.583. The Morgan fingerprint density at radius 2 is 2.19 bits per heavy atom. The van der Waals surface area contributed by atoms with Gasteiger partial charge in [0.15, 0.2) is 0 Å². The molecule has 0 saturated carbocycles. The summed E-state index contributed by atoms with van der Waals surface area (Å²) in [5.41, 5.74) is 2.01. The van der Waals surface area contributed by atoms with Crippen molar-refractivity contribution in [2.45, 2.75) is 24.1 Å². The van der Waals surface area contributed by atoms with E-state index >= 15 is 0 Å². The summed E-state index contributed by atoms with van der Waals surface area (Å²) in [6, 6.07) is 1.73. The average Bonchev–Trinajstić information content (AvgIpc) is 2.98. The molecule has 0 unspecified atom stereocenters. The Morgan fingerprint density at radius 3 is 2.81 bits per heavy atom. The zero-order chi connectivity index (χ0) is 15.5. The molecule has 21 heavy (non-hydrogen) atoms. The van der Waals surface area contributed by atoms with Gasteiger partial charge in [0.1, 0.15) is 4.21 Å². The van der Waals surface area contributed by atoms with E-state index in [0.717, 1.165) is 16.0 Å². The monoisotopic (exact) mass is 328 g/mol. The standard InChI is InChI=1S/C13H20N4O2S2/c1-10-6-13(20-12(10)8-14-2)21(18,19)16-5-4-11-7-15-17(3)9-11/h6-7,9,14,16H,4-5,8H2,1-3H3. The third-order valence-electron chi connectivity index (χ3n) is 3.06. The maximum absolute atomic E-state index is 12.3. The van der Waals surface area contributed by atoms with Crippen LogP contribution in [0.25, 0.3) is 0 Å². The fourth-order valence-corrected chi connectivity index (χ4v) is 4.64. The van der Waals surface area contributed by atoms with Crippen LogP contribution in [-0.4, -0.2) is 31.8 Å². The number of hydrogen-bond acceptors (Lipinski definition) is 5. The van der Waals surface area contributed by atoms with Crippen molar-refractivity contribution in [3.63, 3.8) is 0 Å². The topological polar surface area (TPSA) is 76.0 Å². The SMILES string of the molecule is CNCc1sc(S(=O)(=O)NCCc2cnn(C)c2)cc1C. The molecule has 0 bridgehead atoms. The summed E-state index contributed by atoms with van der Waals surface area (Å²) in [6.07, 6.45) is 4.25. The van der Waals surface area contributed by atoms with Crippen molar-refractivity contribution in [2.75, 3.05) is 13.6 Å². The first-order chi connectivity index (χ1) is 9.92. The summed E-state index contributed by atoms with van der Waals surface area (Å²) in [7, 11) is 0.255. The molecule has 0 aliphatic heterocycles. The van der Waals surface area contributed by atoms with Gasteiger partial charge < -0.3 is 5.32 Å². The minimum Gasteiger partial charge on any atom is -0.315 e. The predicted octanol–water partition coefficient (Wildman–Crippen LogP) is 1.03. The molecule has 6 nitrogen and oxygen atoms in total. The third kappa shape index (κ3) is 4.13. The minimum atomic E-state index is -3.43. The summed E-state index contributed by atoms with van der Waals surface area (Å²) in [6.45, 7) is 2.98. The maximum atomic E-state index is 12.3. The van der Waals surface area contributed by atoms with Crippen molar-refractivity contribution in [3.8, 4) is 0 Å². The van der Waals surface area contributed by atoms with Crippen LogP contribution in [0.1, 0.15) is 16.0 Å². The zero-order valence-electron chi connectivity index (χ0n) is 12.4. The van der Waals surface area contributed by atoms with Gasteiger partial charge in [-0.05, 0) is 37.6 Å². The predicted molar refractivity (Wildman–Crippen MR) is 83.9 cm³/mol. The Balaban J connectivity index is 1.99. The Hall–Kier alpha value is -1.22. The van der Waals surface area contributed by atoms with Crippen LogP contribution >= 0.6 is 11.3 Å². The van der Waals surface area contributed by atoms with Gasteiger partial charge in [0.05, 0.1) is 6.20 Å². The highest BCUT2D eigenvalue weighted by Crippen LogP contribution is 2.25. The average molecular weight is 328 g/mol. The quantitative estimate of drug-likeness (QED) is 0.796. The van der Waals surface area contributed by atoms with Crippen molar-refractivity contribution in [3.05, 3.63) is 34.5 Å². The number of sulfonamides is 1. The van der Waals surface area contributed by atoms with Crippen LogP contribution in [0, 0.1) is 6.92 Å². The Morgan fingerprint density at radius 1 is 1.43 bits per heavy atom. The van der Waals surface area contributed by atoms with Crippen LogP contribution in [0.5, 0.6) is 0 Å². The molecule has 0 amide bonds.